The SMILES string of the molecule is CC1(C)OB(C(=Cc2cc(F)cc(Cl)c2O)CS)OC1(C)C. The van der Waals surface area contributed by atoms with Crippen LogP contribution in [0.5, 0.6) is 5.75 Å². The molecule has 1 aliphatic heterocycles. The van der Waals surface area contributed by atoms with Crippen LogP contribution in [-0.4, -0.2) is 29.2 Å². The standard InChI is InChI=1S/C15H19BClFO3S/c1-14(2)15(3,4)21-16(20-14)10(8-22)5-9-6-11(18)7-12(17)13(9)19/h5-7,19,22H,8H2,1-4H3. The van der Waals surface area contributed by atoms with E-state index in [1.165, 1.54) is 6.07 Å². The summed E-state index contributed by atoms with van der Waals surface area (Å²) < 4.78 is 25.4. The van der Waals surface area contributed by atoms with Crippen LogP contribution in [-0.2, 0) is 9.31 Å². The topological polar surface area (TPSA) is 38.7 Å². The first-order valence-corrected chi connectivity index (χ1v) is 7.93. The van der Waals surface area contributed by atoms with E-state index in [1.807, 2.05) is 27.7 Å². The van der Waals surface area contributed by atoms with E-state index in [0.717, 1.165) is 6.07 Å². The summed E-state index contributed by atoms with van der Waals surface area (Å²) in [6.45, 7) is 7.78. The number of hydrogen-bond acceptors (Lipinski definition) is 4. The zero-order valence-corrected chi connectivity index (χ0v) is 14.6. The quantitative estimate of drug-likeness (QED) is 0.639. The lowest BCUT2D eigenvalue weighted by Crippen LogP contribution is -2.41. The normalized spacial score (nSPS) is 20.5. The summed E-state index contributed by atoms with van der Waals surface area (Å²) in [5.74, 6) is -0.370. The molecule has 1 aliphatic rings. The van der Waals surface area contributed by atoms with Gasteiger partial charge in [0.05, 0.1) is 16.2 Å². The fourth-order valence-corrected chi connectivity index (χ4v) is 2.53. The van der Waals surface area contributed by atoms with Crippen molar-refractivity contribution in [3.63, 3.8) is 0 Å². The van der Waals surface area contributed by atoms with Crippen LogP contribution in [0.3, 0.4) is 0 Å². The molecule has 1 aromatic carbocycles. The molecule has 0 radical (unpaired) electrons. The molecular weight excluding hydrogens is 325 g/mol. The molecule has 1 saturated heterocycles. The molecule has 7 heteroatoms. The molecule has 1 fully saturated rings. The van der Waals surface area contributed by atoms with Gasteiger partial charge in [-0.25, -0.2) is 4.39 Å². The van der Waals surface area contributed by atoms with E-state index in [9.17, 15) is 9.50 Å². The highest BCUT2D eigenvalue weighted by Crippen LogP contribution is 2.39. The molecule has 0 amide bonds. The summed E-state index contributed by atoms with van der Waals surface area (Å²) in [6, 6.07) is 2.26. The molecule has 22 heavy (non-hydrogen) atoms. The molecule has 0 unspecified atom stereocenters. The largest absolute Gasteiger partial charge is 0.506 e. The fourth-order valence-electron chi connectivity index (χ4n) is 2.08. The van der Waals surface area contributed by atoms with E-state index in [1.54, 1.807) is 6.08 Å². The lowest BCUT2D eigenvalue weighted by molar-refractivity contribution is 0.00578. The van der Waals surface area contributed by atoms with E-state index in [-0.39, 0.29) is 16.3 Å². The van der Waals surface area contributed by atoms with E-state index in [2.05, 4.69) is 12.6 Å². The van der Waals surface area contributed by atoms with Crippen molar-refractivity contribution in [1.29, 1.82) is 0 Å². The first-order valence-electron chi connectivity index (χ1n) is 6.92. The predicted octanol–water partition coefficient (Wildman–Crippen LogP) is 4.13. The smallest absolute Gasteiger partial charge is 0.491 e. The van der Waals surface area contributed by atoms with Gasteiger partial charge >= 0.3 is 7.12 Å². The highest BCUT2D eigenvalue weighted by molar-refractivity contribution is 7.80. The molecule has 0 bridgehead atoms. The highest BCUT2D eigenvalue weighted by atomic mass is 35.5. The molecule has 2 rings (SSSR count). The Bertz CT molecular complexity index is 603. The Morgan fingerprint density at radius 3 is 2.36 bits per heavy atom. The number of thiol groups is 1. The summed E-state index contributed by atoms with van der Waals surface area (Å²) in [5, 5.41) is 9.92. The maximum absolute atomic E-state index is 13.5. The van der Waals surface area contributed by atoms with Crippen molar-refractivity contribution in [1.82, 2.24) is 0 Å². The Hall–Kier alpha value is -0.685. The molecule has 0 atom stereocenters. The van der Waals surface area contributed by atoms with Crippen molar-refractivity contribution in [3.8, 4) is 5.75 Å². The van der Waals surface area contributed by atoms with Crippen molar-refractivity contribution in [2.24, 2.45) is 0 Å². The number of benzene rings is 1. The second kappa shape index (κ2) is 6.08. The molecule has 1 N–H and O–H groups in total. The Labute approximate surface area is 141 Å². The number of halogens is 2. The van der Waals surface area contributed by atoms with Gasteiger partial charge in [0.25, 0.3) is 0 Å². The third-order valence-electron chi connectivity index (χ3n) is 4.14. The Balaban J connectivity index is 2.38. The van der Waals surface area contributed by atoms with E-state index < -0.39 is 24.1 Å². The third-order valence-corrected chi connectivity index (χ3v) is 4.79. The van der Waals surface area contributed by atoms with Crippen molar-refractivity contribution in [2.75, 3.05) is 5.75 Å². The Morgan fingerprint density at radius 1 is 1.32 bits per heavy atom. The van der Waals surface area contributed by atoms with Crippen molar-refractivity contribution < 1.29 is 18.8 Å². The van der Waals surface area contributed by atoms with Gasteiger partial charge in [0, 0.05) is 11.3 Å². The van der Waals surface area contributed by atoms with Crippen LogP contribution in [0.2, 0.25) is 5.02 Å². The zero-order valence-electron chi connectivity index (χ0n) is 13.0. The van der Waals surface area contributed by atoms with E-state index in [4.69, 9.17) is 20.9 Å². The average molecular weight is 345 g/mol. The van der Waals surface area contributed by atoms with Crippen molar-refractivity contribution in [3.05, 3.63) is 34.0 Å². The number of aromatic hydroxyl groups is 1. The van der Waals surface area contributed by atoms with Gasteiger partial charge < -0.3 is 14.4 Å². The first-order chi connectivity index (χ1) is 10.1. The second-order valence-corrected chi connectivity index (χ2v) is 7.01. The maximum Gasteiger partial charge on any atom is 0.491 e. The summed E-state index contributed by atoms with van der Waals surface area (Å²) in [7, 11) is -0.607. The highest BCUT2D eigenvalue weighted by Gasteiger charge is 2.52. The fraction of sp³-hybridized carbons (Fsp3) is 0.467. The molecule has 1 heterocycles. The average Bonchev–Trinajstić information content (AvgIpc) is 2.60. The number of rotatable bonds is 3. The van der Waals surface area contributed by atoms with Gasteiger partial charge in [-0.3, -0.25) is 0 Å². The summed E-state index contributed by atoms with van der Waals surface area (Å²) >= 11 is 10.1. The second-order valence-electron chi connectivity index (χ2n) is 6.29. The Kier molecular flexibility index (Phi) is 4.88. The van der Waals surface area contributed by atoms with E-state index in [0.29, 0.717) is 11.2 Å². The summed E-state index contributed by atoms with van der Waals surface area (Å²) in [4.78, 5) is 0. The van der Waals surface area contributed by atoms with Gasteiger partial charge in [-0.05, 0) is 45.3 Å². The summed E-state index contributed by atoms with van der Waals surface area (Å²) in [5.41, 5.74) is -0.0226. The molecular formula is C15H19BClFO3S. The van der Waals surface area contributed by atoms with Crippen LogP contribution in [0, 0.1) is 5.82 Å². The van der Waals surface area contributed by atoms with Crippen molar-refractivity contribution in [2.45, 2.75) is 38.9 Å². The van der Waals surface area contributed by atoms with Gasteiger partial charge in [-0.1, -0.05) is 17.7 Å². The minimum absolute atomic E-state index is 0.0429. The van der Waals surface area contributed by atoms with E-state index >= 15 is 0 Å². The zero-order chi connectivity index (χ0) is 16.7. The molecule has 0 spiro atoms. The third kappa shape index (κ3) is 3.30. The molecule has 0 aromatic heterocycles. The Morgan fingerprint density at radius 2 is 1.86 bits per heavy atom. The van der Waals surface area contributed by atoms with Crippen LogP contribution in [0.4, 0.5) is 4.39 Å². The molecule has 1 aromatic rings. The first kappa shape index (κ1) is 17.7. The monoisotopic (exact) mass is 344 g/mol. The van der Waals surface area contributed by atoms with Crippen LogP contribution in [0.1, 0.15) is 33.3 Å². The van der Waals surface area contributed by atoms with Crippen LogP contribution in [0.25, 0.3) is 6.08 Å². The predicted molar refractivity (Wildman–Crippen MR) is 91.0 cm³/mol. The van der Waals surface area contributed by atoms with Gasteiger partial charge in [-0.2, -0.15) is 12.6 Å². The summed E-state index contributed by atoms with van der Waals surface area (Å²) in [6.07, 6.45) is 1.60. The van der Waals surface area contributed by atoms with Gasteiger partial charge in [0.2, 0.25) is 0 Å². The molecule has 0 aliphatic carbocycles. The molecule has 3 nitrogen and oxygen atoms in total. The number of phenols is 1. The van der Waals surface area contributed by atoms with Crippen LogP contribution in [0.15, 0.2) is 17.6 Å². The van der Waals surface area contributed by atoms with Gasteiger partial charge in [0.1, 0.15) is 11.6 Å². The lowest BCUT2D eigenvalue weighted by Gasteiger charge is -2.32. The van der Waals surface area contributed by atoms with Crippen LogP contribution < -0.4 is 0 Å². The van der Waals surface area contributed by atoms with Gasteiger partial charge in [0.15, 0.2) is 0 Å². The minimum atomic E-state index is -0.607. The van der Waals surface area contributed by atoms with Crippen LogP contribution >= 0.6 is 24.2 Å². The number of phenolic OH excluding ortho intramolecular Hbond substituents is 1. The van der Waals surface area contributed by atoms with Crippen molar-refractivity contribution >= 4 is 37.4 Å². The number of hydrogen-bond donors (Lipinski definition) is 2. The maximum atomic E-state index is 13.5. The van der Waals surface area contributed by atoms with Gasteiger partial charge in [-0.15, -0.1) is 0 Å². The molecule has 120 valence electrons. The molecule has 0 saturated carbocycles. The lowest BCUT2D eigenvalue weighted by atomic mass is 9.78. The minimum Gasteiger partial charge on any atom is -0.506 e.